The first-order valence-electron chi connectivity index (χ1n) is 4.38. The summed E-state index contributed by atoms with van der Waals surface area (Å²) in [7, 11) is 0. The van der Waals surface area contributed by atoms with Gasteiger partial charge in [-0.25, -0.2) is 0 Å². The third kappa shape index (κ3) is 3.13. The Hall–Kier alpha value is -1.22. The molecule has 4 heteroatoms. The van der Waals surface area contributed by atoms with Crippen molar-refractivity contribution in [2.24, 2.45) is 0 Å². The fourth-order valence-electron chi connectivity index (χ4n) is 1.29. The van der Waals surface area contributed by atoms with Gasteiger partial charge in [-0.15, -0.1) is 0 Å². The standard InChI is InChI=1S/C11H8Cl2N2/c12-10-2-1-9(7-11(10)13)8(3-5-14)4-6-15/h1-2,7-8H,3-4H2. The van der Waals surface area contributed by atoms with E-state index >= 15 is 0 Å². The molecule has 0 amide bonds. The maximum atomic E-state index is 8.63. The number of hydrogen-bond acceptors (Lipinski definition) is 2. The van der Waals surface area contributed by atoms with Crippen molar-refractivity contribution in [1.29, 1.82) is 10.5 Å². The number of benzene rings is 1. The summed E-state index contributed by atoms with van der Waals surface area (Å²) in [5.41, 5.74) is 0.882. The van der Waals surface area contributed by atoms with Crippen LogP contribution in [-0.2, 0) is 0 Å². The number of halogens is 2. The van der Waals surface area contributed by atoms with Gasteiger partial charge in [0.1, 0.15) is 0 Å². The second-order valence-electron chi connectivity index (χ2n) is 3.09. The Kier molecular flexibility index (Phi) is 4.43. The van der Waals surface area contributed by atoms with E-state index in [0.29, 0.717) is 22.9 Å². The van der Waals surface area contributed by atoms with Crippen LogP contribution in [0.3, 0.4) is 0 Å². The van der Waals surface area contributed by atoms with Crippen LogP contribution < -0.4 is 0 Å². The molecule has 0 heterocycles. The minimum absolute atomic E-state index is 0.0882. The molecule has 0 aliphatic heterocycles. The van der Waals surface area contributed by atoms with Gasteiger partial charge in [-0.2, -0.15) is 10.5 Å². The molecule has 0 aliphatic carbocycles. The minimum atomic E-state index is -0.0882. The lowest BCUT2D eigenvalue weighted by molar-refractivity contribution is 0.726. The first-order chi connectivity index (χ1) is 7.19. The van der Waals surface area contributed by atoms with Gasteiger partial charge in [0.15, 0.2) is 0 Å². The van der Waals surface area contributed by atoms with Gasteiger partial charge in [0.2, 0.25) is 0 Å². The molecule has 15 heavy (non-hydrogen) atoms. The number of rotatable bonds is 3. The highest BCUT2D eigenvalue weighted by Crippen LogP contribution is 2.29. The SMILES string of the molecule is N#CCC(CC#N)c1ccc(Cl)c(Cl)c1. The normalized spacial score (nSPS) is 9.67. The predicted octanol–water partition coefficient (Wildman–Crippen LogP) is 3.90. The van der Waals surface area contributed by atoms with Crippen molar-refractivity contribution < 1.29 is 0 Å². The lowest BCUT2D eigenvalue weighted by atomic mass is 9.94. The molecule has 1 rings (SSSR count). The molecule has 0 atom stereocenters. The van der Waals surface area contributed by atoms with Crippen molar-refractivity contribution in [3.05, 3.63) is 33.8 Å². The highest BCUT2D eigenvalue weighted by molar-refractivity contribution is 6.42. The molecule has 0 N–H and O–H groups in total. The van der Waals surface area contributed by atoms with E-state index in [1.54, 1.807) is 18.2 Å². The number of hydrogen-bond donors (Lipinski definition) is 0. The highest BCUT2D eigenvalue weighted by Gasteiger charge is 2.12. The molecule has 0 aromatic heterocycles. The van der Waals surface area contributed by atoms with Gasteiger partial charge in [0.05, 0.1) is 22.2 Å². The zero-order valence-corrected chi connectivity index (χ0v) is 9.39. The topological polar surface area (TPSA) is 47.6 Å². The van der Waals surface area contributed by atoms with Crippen molar-refractivity contribution in [3.8, 4) is 12.1 Å². The third-order valence-corrected chi connectivity index (χ3v) is 2.83. The summed E-state index contributed by atoms with van der Waals surface area (Å²) in [5.74, 6) is -0.0882. The van der Waals surface area contributed by atoms with Gasteiger partial charge in [0, 0.05) is 18.8 Å². The van der Waals surface area contributed by atoms with E-state index in [0.717, 1.165) is 5.56 Å². The molecule has 0 aliphatic rings. The maximum Gasteiger partial charge on any atom is 0.0628 e. The Morgan fingerprint density at radius 3 is 2.13 bits per heavy atom. The number of nitriles is 2. The zero-order valence-electron chi connectivity index (χ0n) is 7.87. The fraction of sp³-hybridized carbons (Fsp3) is 0.273. The Bertz CT molecular complexity index is 413. The highest BCUT2D eigenvalue weighted by atomic mass is 35.5. The van der Waals surface area contributed by atoms with Gasteiger partial charge in [-0.3, -0.25) is 0 Å². The lowest BCUT2D eigenvalue weighted by Crippen LogP contribution is -1.96. The molecule has 0 saturated heterocycles. The maximum absolute atomic E-state index is 8.63. The van der Waals surface area contributed by atoms with Crippen LogP contribution in [0.15, 0.2) is 18.2 Å². The molecule has 76 valence electrons. The molecule has 0 saturated carbocycles. The Labute approximate surface area is 98.6 Å². The van der Waals surface area contributed by atoms with Gasteiger partial charge in [0.25, 0.3) is 0 Å². The van der Waals surface area contributed by atoms with Crippen molar-refractivity contribution in [1.82, 2.24) is 0 Å². The van der Waals surface area contributed by atoms with Crippen LogP contribution in [0, 0.1) is 22.7 Å². The molecule has 0 spiro atoms. The van der Waals surface area contributed by atoms with Crippen LogP contribution in [0.5, 0.6) is 0 Å². The van der Waals surface area contributed by atoms with E-state index in [4.69, 9.17) is 33.7 Å². The van der Waals surface area contributed by atoms with Gasteiger partial charge in [-0.1, -0.05) is 29.3 Å². The predicted molar refractivity (Wildman–Crippen MR) is 59.7 cm³/mol. The zero-order chi connectivity index (χ0) is 11.3. The molecule has 0 fully saturated rings. The largest absolute Gasteiger partial charge is 0.198 e. The summed E-state index contributed by atoms with van der Waals surface area (Å²) in [4.78, 5) is 0. The van der Waals surface area contributed by atoms with Crippen LogP contribution in [0.4, 0.5) is 0 Å². The molecular formula is C11H8Cl2N2. The molecule has 0 radical (unpaired) electrons. The smallest absolute Gasteiger partial charge is 0.0628 e. The van der Waals surface area contributed by atoms with Crippen LogP contribution in [0.25, 0.3) is 0 Å². The van der Waals surface area contributed by atoms with E-state index < -0.39 is 0 Å². The Balaban J connectivity index is 2.97. The second kappa shape index (κ2) is 5.61. The average molecular weight is 239 g/mol. The van der Waals surface area contributed by atoms with Crippen LogP contribution in [0.2, 0.25) is 10.0 Å². The Morgan fingerprint density at radius 1 is 1.07 bits per heavy atom. The van der Waals surface area contributed by atoms with Crippen LogP contribution in [-0.4, -0.2) is 0 Å². The molecule has 1 aromatic rings. The van der Waals surface area contributed by atoms with Gasteiger partial charge < -0.3 is 0 Å². The van der Waals surface area contributed by atoms with Crippen molar-refractivity contribution in [3.63, 3.8) is 0 Å². The average Bonchev–Trinajstić information content (AvgIpc) is 2.22. The summed E-state index contributed by atoms with van der Waals surface area (Å²) in [6, 6.07) is 9.31. The van der Waals surface area contributed by atoms with Crippen molar-refractivity contribution in [2.75, 3.05) is 0 Å². The summed E-state index contributed by atoms with van der Waals surface area (Å²) < 4.78 is 0. The Morgan fingerprint density at radius 2 is 1.67 bits per heavy atom. The van der Waals surface area contributed by atoms with Crippen LogP contribution >= 0.6 is 23.2 Å². The molecule has 1 aromatic carbocycles. The summed E-state index contributed by atoms with van der Waals surface area (Å²) >= 11 is 11.6. The molecule has 2 nitrogen and oxygen atoms in total. The van der Waals surface area contributed by atoms with Crippen molar-refractivity contribution >= 4 is 23.2 Å². The number of nitrogens with zero attached hydrogens (tertiary/aromatic N) is 2. The summed E-state index contributed by atoms with van der Waals surface area (Å²) in [6.07, 6.45) is 0.622. The molecular weight excluding hydrogens is 231 g/mol. The second-order valence-corrected chi connectivity index (χ2v) is 3.91. The summed E-state index contributed by atoms with van der Waals surface area (Å²) in [6.45, 7) is 0. The monoisotopic (exact) mass is 238 g/mol. The van der Waals surface area contributed by atoms with E-state index in [2.05, 4.69) is 12.1 Å². The van der Waals surface area contributed by atoms with Crippen LogP contribution in [0.1, 0.15) is 24.3 Å². The molecule has 0 bridgehead atoms. The fourth-order valence-corrected chi connectivity index (χ4v) is 1.60. The van der Waals surface area contributed by atoms with E-state index in [1.807, 2.05) is 0 Å². The third-order valence-electron chi connectivity index (χ3n) is 2.09. The van der Waals surface area contributed by atoms with Crippen molar-refractivity contribution in [2.45, 2.75) is 18.8 Å². The van der Waals surface area contributed by atoms with E-state index in [9.17, 15) is 0 Å². The minimum Gasteiger partial charge on any atom is -0.198 e. The summed E-state index contributed by atoms with van der Waals surface area (Å²) in [5, 5.41) is 18.2. The molecule has 0 unspecified atom stereocenters. The first kappa shape index (κ1) is 11.9. The first-order valence-corrected chi connectivity index (χ1v) is 5.13. The lowest BCUT2D eigenvalue weighted by Gasteiger charge is -2.10. The van der Waals surface area contributed by atoms with E-state index in [1.165, 1.54) is 0 Å². The quantitative estimate of drug-likeness (QED) is 0.802. The van der Waals surface area contributed by atoms with E-state index in [-0.39, 0.29) is 5.92 Å². The van der Waals surface area contributed by atoms with Gasteiger partial charge >= 0.3 is 0 Å². The van der Waals surface area contributed by atoms with Gasteiger partial charge in [-0.05, 0) is 17.7 Å².